The molecule has 1 saturated heterocycles. The van der Waals surface area contributed by atoms with Crippen molar-refractivity contribution >= 4 is 11.7 Å². The molecule has 3 heterocycles. The van der Waals surface area contributed by atoms with Crippen LogP contribution in [0.2, 0.25) is 0 Å². The molecule has 1 amide bonds. The number of pyridine rings is 1. The van der Waals surface area contributed by atoms with E-state index in [0.717, 1.165) is 18.2 Å². The monoisotopic (exact) mass is 589 g/mol. The molecule has 1 aliphatic rings. The van der Waals surface area contributed by atoms with Crippen LogP contribution in [0.1, 0.15) is 42.1 Å². The first-order chi connectivity index (χ1) is 19.1. The Morgan fingerprint density at radius 1 is 1.07 bits per heavy atom. The Bertz CT molecular complexity index is 1500. The van der Waals surface area contributed by atoms with Gasteiger partial charge >= 0.3 is 12.4 Å². The van der Waals surface area contributed by atoms with Gasteiger partial charge in [0.2, 0.25) is 11.7 Å². The number of aromatic nitrogens is 3. The number of hydrogen-bond donors (Lipinski definition) is 2. The topological polar surface area (TPSA) is 105 Å². The van der Waals surface area contributed by atoms with Crippen molar-refractivity contribution in [2.45, 2.75) is 51.0 Å². The summed E-state index contributed by atoms with van der Waals surface area (Å²) in [7, 11) is 0. The minimum Gasteiger partial charge on any atom is -0.369 e. The van der Waals surface area contributed by atoms with Gasteiger partial charge in [0, 0.05) is 24.7 Å². The average molecular weight is 589 g/mol. The SMILES string of the molecule is CCc1nc(-c2c(C(F)(F)F)ccc(CC3CC(C(N)=O)CCN3c3ccc(C(F)(F)F)cn3)c2F)[nH]c(=O)c1F. The summed E-state index contributed by atoms with van der Waals surface area (Å²) < 4.78 is 111. The lowest BCUT2D eigenvalue weighted by molar-refractivity contribution is -0.138. The van der Waals surface area contributed by atoms with Crippen LogP contribution < -0.4 is 16.2 Å². The third kappa shape index (κ3) is 6.17. The van der Waals surface area contributed by atoms with E-state index in [9.17, 15) is 40.3 Å². The molecule has 41 heavy (non-hydrogen) atoms. The first kappa shape index (κ1) is 29.9. The molecular formula is C26H23F8N5O2. The Morgan fingerprint density at radius 3 is 2.34 bits per heavy atom. The second-order valence-corrected chi connectivity index (χ2v) is 9.57. The first-order valence-corrected chi connectivity index (χ1v) is 12.4. The third-order valence-corrected chi connectivity index (χ3v) is 6.97. The molecule has 4 rings (SSSR count). The third-order valence-electron chi connectivity index (χ3n) is 6.97. The molecule has 1 aliphatic heterocycles. The Hall–Kier alpha value is -4.04. The van der Waals surface area contributed by atoms with Gasteiger partial charge in [-0.1, -0.05) is 13.0 Å². The summed E-state index contributed by atoms with van der Waals surface area (Å²) in [6.07, 6.45) is -9.34. The zero-order chi connectivity index (χ0) is 30.3. The van der Waals surface area contributed by atoms with E-state index in [1.807, 2.05) is 4.98 Å². The van der Waals surface area contributed by atoms with Gasteiger partial charge in [-0.2, -0.15) is 30.7 Å². The lowest BCUT2D eigenvalue weighted by atomic mass is 9.86. The Kier molecular flexibility index (Phi) is 8.09. The number of H-pyrrole nitrogens is 1. The number of nitrogens with two attached hydrogens (primary N) is 1. The van der Waals surface area contributed by atoms with Crippen LogP contribution in [0.15, 0.2) is 35.3 Å². The van der Waals surface area contributed by atoms with E-state index in [1.54, 1.807) is 0 Å². The molecule has 3 aromatic rings. The quantitative estimate of drug-likeness (QED) is 0.393. The van der Waals surface area contributed by atoms with Gasteiger partial charge < -0.3 is 15.6 Å². The number of nitrogens with one attached hydrogen (secondary N) is 1. The predicted molar refractivity (Wildman–Crippen MR) is 131 cm³/mol. The van der Waals surface area contributed by atoms with Crippen molar-refractivity contribution in [2.75, 3.05) is 11.4 Å². The van der Waals surface area contributed by atoms with Gasteiger partial charge in [-0.3, -0.25) is 9.59 Å². The highest BCUT2D eigenvalue weighted by molar-refractivity contribution is 5.77. The molecule has 0 aliphatic carbocycles. The maximum Gasteiger partial charge on any atom is 0.417 e. The van der Waals surface area contributed by atoms with Crippen LogP contribution in [0.5, 0.6) is 0 Å². The Labute approximate surface area is 227 Å². The van der Waals surface area contributed by atoms with Crippen LogP contribution in [-0.4, -0.2) is 33.4 Å². The maximum absolute atomic E-state index is 15.9. The van der Waals surface area contributed by atoms with Gasteiger partial charge in [0.05, 0.1) is 22.4 Å². The molecule has 0 saturated carbocycles. The number of carbonyl (C=O) groups is 1. The van der Waals surface area contributed by atoms with Crippen molar-refractivity contribution in [3.8, 4) is 11.4 Å². The van der Waals surface area contributed by atoms with E-state index in [-0.39, 0.29) is 43.6 Å². The number of aryl methyl sites for hydroxylation is 1. The van der Waals surface area contributed by atoms with Gasteiger partial charge in [0.1, 0.15) is 17.5 Å². The van der Waals surface area contributed by atoms with Crippen molar-refractivity contribution in [1.82, 2.24) is 15.0 Å². The summed E-state index contributed by atoms with van der Waals surface area (Å²) >= 11 is 0. The predicted octanol–water partition coefficient (Wildman–Crippen LogP) is 5.02. The van der Waals surface area contributed by atoms with Crippen molar-refractivity contribution < 1.29 is 39.9 Å². The number of nitrogens with zero attached hydrogens (tertiary/aromatic N) is 3. The Balaban J connectivity index is 1.80. The molecule has 0 bridgehead atoms. The minimum atomic E-state index is -5.08. The van der Waals surface area contributed by atoms with Crippen molar-refractivity contribution in [1.29, 1.82) is 0 Å². The smallest absolute Gasteiger partial charge is 0.369 e. The van der Waals surface area contributed by atoms with E-state index < -0.39 is 75.6 Å². The fraction of sp³-hybridized carbons (Fsp3) is 0.385. The van der Waals surface area contributed by atoms with E-state index in [0.29, 0.717) is 12.3 Å². The van der Waals surface area contributed by atoms with Crippen LogP contribution in [0.4, 0.5) is 40.9 Å². The molecule has 1 aromatic carbocycles. The molecule has 220 valence electrons. The minimum absolute atomic E-state index is 0.0133. The number of rotatable bonds is 6. The van der Waals surface area contributed by atoms with Gasteiger partial charge in [-0.15, -0.1) is 0 Å². The second kappa shape index (κ2) is 11.1. The number of primary amides is 1. The highest BCUT2D eigenvalue weighted by Gasteiger charge is 2.39. The van der Waals surface area contributed by atoms with Gasteiger partial charge in [-0.05, 0) is 49.4 Å². The number of hydrogen-bond acceptors (Lipinski definition) is 5. The number of halogens is 8. The van der Waals surface area contributed by atoms with E-state index in [4.69, 9.17) is 5.73 Å². The highest BCUT2D eigenvalue weighted by Crippen LogP contribution is 2.40. The van der Waals surface area contributed by atoms with Crippen LogP contribution in [0.3, 0.4) is 0 Å². The van der Waals surface area contributed by atoms with Crippen molar-refractivity contribution in [3.05, 3.63) is 74.8 Å². The molecule has 3 N–H and O–H groups in total. The number of piperidine rings is 1. The molecule has 2 atom stereocenters. The maximum atomic E-state index is 15.9. The summed E-state index contributed by atoms with van der Waals surface area (Å²) in [6.45, 7) is 1.51. The lowest BCUT2D eigenvalue weighted by Gasteiger charge is -2.39. The number of alkyl halides is 6. The van der Waals surface area contributed by atoms with Gasteiger partial charge in [-0.25, -0.2) is 14.4 Å². The first-order valence-electron chi connectivity index (χ1n) is 12.4. The normalized spacial score (nSPS) is 18.0. The fourth-order valence-electron chi connectivity index (χ4n) is 4.88. The average Bonchev–Trinajstić information content (AvgIpc) is 2.90. The fourth-order valence-corrected chi connectivity index (χ4v) is 4.88. The Morgan fingerprint density at radius 2 is 1.78 bits per heavy atom. The number of amides is 1. The summed E-state index contributed by atoms with van der Waals surface area (Å²) in [6, 6.07) is 2.58. The summed E-state index contributed by atoms with van der Waals surface area (Å²) in [5.41, 5.74) is -0.212. The van der Waals surface area contributed by atoms with E-state index in [1.165, 1.54) is 11.8 Å². The molecule has 0 radical (unpaired) electrons. The molecule has 2 unspecified atom stereocenters. The van der Waals surface area contributed by atoms with Crippen LogP contribution in [0, 0.1) is 17.6 Å². The zero-order valence-corrected chi connectivity index (χ0v) is 21.3. The zero-order valence-electron chi connectivity index (χ0n) is 21.3. The molecular weight excluding hydrogens is 566 g/mol. The molecule has 0 spiro atoms. The number of carbonyl (C=O) groups excluding carboxylic acids is 1. The molecule has 7 nitrogen and oxygen atoms in total. The standard InChI is InChI=1S/C26H23F8N5O2/c1-2-17-21(28)24(41)38-23(37-17)19-16(26(32,33)34)5-3-12(20(19)27)9-15-10-13(22(35)40)7-8-39(15)18-6-4-14(11-36-18)25(29,30)31/h3-6,11,13,15H,2,7-10H2,1H3,(H2,35,40)(H,37,38,41). The number of anilines is 1. The lowest BCUT2D eigenvalue weighted by Crippen LogP contribution is -2.47. The number of benzene rings is 1. The molecule has 2 aromatic heterocycles. The van der Waals surface area contributed by atoms with Crippen LogP contribution in [0.25, 0.3) is 11.4 Å². The largest absolute Gasteiger partial charge is 0.417 e. The van der Waals surface area contributed by atoms with Crippen LogP contribution in [-0.2, 0) is 30.0 Å². The van der Waals surface area contributed by atoms with Crippen LogP contribution >= 0.6 is 0 Å². The van der Waals surface area contributed by atoms with Gasteiger partial charge in [0.15, 0.2) is 0 Å². The summed E-state index contributed by atoms with van der Waals surface area (Å²) in [5.74, 6) is -4.79. The van der Waals surface area contributed by atoms with E-state index >= 15 is 4.39 Å². The molecule has 15 heteroatoms. The summed E-state index contributed by atoms with van der Waals surface area (Å²) in [4.78, 5) is 35.0. The van der Waals surface area contributed by atoms with Crippen molar-refractivity contribution in [2.24, 2.45) is 11.7 Å². The summed E-state index contributed by atoms with van der Waals surface area (Å²) in [5, 5.41) is 0. The highest BCUT2D eigenvalue weighted by atomic mass is 19.4. The number of aromatic amines is 1. The van der Waals surface area contributed by atoms with E-state index in [2.05, 4.69) is 9.97 Å². The molecule has 1 fully saturated rings. The van der Waals surface area contributed by atoms with Gasteiger partial charge in [0.25, 0.3) is 5.56 Å². The van der Waals surface area contributed by atoms with Crippen molar-refractivity contribution in [3.63, 3.8) is 0 Å². The second-order valence-electron chi connectivity index (χ2n) is 9.57.